The highest BCUT2D eigenvalue weighted by molar-refractivity contribution is 5.97. The molecular weight excluding hydrogens is 302 g/mol. The molecule has 0 fully saturated rings. The summed E-state index contributed by atoms with van der Waals surface area (Å²) in [4.78, 5) is 12.7. The highest BCUT2D eigenvalue weighted by Crippen LogP contribution is 2.23. The molecule has 4 heteroatoms. The third kappa shape index (κ3) is 6.91. The molecule has 4 nitrogen and oxygen atoms in total. The molecule has 1 N–H and O–H groups in total. The molecule has 0 heterocycles. The molecule has 1 rings (SSSR count). The van der Waals surface area contributed by atoms with Crippen LogP contribution in [-0.2, 0) is 9.53 Å². The summed E-state index contributed by atoms with van der Waals surface area (Å²) in [7, 11) is 0. The molecule has 136 valence electrons. The predicted octanol–water partition coefficient (Wildman–Crippen LogP) is 5.18. The summed E-state index contributed by atoms with van der Waals surface area (Å²) in [5, 5.41) is 2.98. The maximum absolute atomic E-state index is 12.7. The van der Waals surface area contributed by atoms with Gasteiger partial charge >= 0.3 is 0 Å². The molecule has 1 unspecified atom stereocenters. The van der Waals surface area contributed by atoms with Gasteiger partial charge in [-0.1, -0.05) is 40.0 Å². The van der Waals surface area contributed by atoms with Gasteiger partial charge < -0.3 is 14.8 Å². The Morgan fingerprint density at radius 3 is 2.25 bits per heavy atom. The Bertz CT molecular complexity index is 472. The van der Waals surface area contributed by atoms with Gasteiger partial charge in [0.05, 0.1) is 6.61 Å². The van der Waals surface area contributed by atoms with Gasteiger partial charge in [0.1, 0.15) is 11.4 Å². The SMILES string of the molecule is CCCCCC(C)(OCCC)C(=O)Nc1ccc(OCCC)cc1. The minimum atomic E-state index is -0.775. The van der Waals surface area contributed by atoms with E-state index in [1.807, 2.05) is 31.2 Å². The Kier molecular flexibility index (Phi) is 9.46. The molecular formula is C20H33NO3. The number of benzene rings is 1. The summed E-state index contributed by atoms with van der Waals surface area (Å²) in [6, 6.07) is 7.50. The van der Waals surface area contributed by atoms with Gasteiger partial charge in [0.25, 0.3) is 5.91 Å². The molecule has 0 saturated heterocycles. The third-order valence-electron chi connectivity index (χ3n) is 3.95. The minimum Gasteiger partial charge on any atom is -0.494 e. The summed E-state index contributed by atoms with van der Waals surface area (Å²) < 4.78 is 11.5. The van der Waals surface area contributed by atoms with E-state index in [-0.39, 0.29) is 5.91 Å². The van der Waals surface area contributed by atoms with Crippen molar-refractivity contribution in [1.29, 1.82) is 0 Å². The van der Waals surface area contributed by atoms with Crippen LogP contribution >= 0.6 is 0 Å². The van der Waals surface area contributed by atoms with E-state index in [9.17, 15) is 4.79 Å². The fourth-order valence-electron chi connectivity index (χ4n) is 2.41. The van der Waals surface area contributed by atoms with Crippen LogP contribution in [0.4, 0.5) is 5.69 Å². The summed E-state index contributed by atoms with van der Waals surface area (Å²) in [5.41, 5.74) is -0.00610. The van der Waals surface area contributed by atoms with Crippen molar-refractivity contribution in [2.75, 3.05) is 18.5 Å². The number of hydrogen-bond acceptors (Lipinski definition) is 3. The van der Waals surface area contributed by atoms with Crippen LogP contribution in [0.15, 0.2) is 24.3 Å². The molecule has 0 bridgehead atoms. The van der Waals surface area contributed by atoms with Crippen molar-refractivity contribution in [3.05, 3.63) is 24.3 Å². The van der Waals surface area contributed by atoms with E-state index in [2.05, 4.69) is 26.1 Å². The normalized spacial score (nSPS) is 13.3. The molecule has 1 aromatic rings. The van der Waals surface area contributed by atoms with E-state index in [1.54, 1.807) is 0 Å². The van der Waals surface area contributed by atoms with Gasteiger partial charge in [0.15, 0.2) is 0 Å². The fraction of sp³-hybridized carbons (Fsp3) is 0.650. The maximum atomic E-state index is 12.7. The monoisotopic (exact) mass is 335 g/mol. The molecule has 1 amide bonds. The van der Waals surface area contributed by atoms with E-state index in [4.69, 9.17) is 9.47 Å². The average Bonchev–Trinajstić information content (AvgIpc) is 2.59. The third-order valence-corrected chi connectivity index (χ3v) is 3.95. The van der Waals surface area contributed by atoms with Crippen LogP contribution < -0.4 is 10.1 Å². The first kappa shape index (κ1) is 20.5. The first-order valence-electron chi connectivity index (χ1n) is 9.24. The van der Waals surface area contributed by atoms with Crippen LogP contribution in [0.2, 0.25) is 0 Å². The van der Waals surface area contributed by atoms with Crippen molar-refractivity contribution in [3.63, 3.8) is 0 Å². The average molecular weight is 335 g/mol. The number of rotatable bonds is 12. The largest absolute Gasteiger partial charge is 0.494 e. The van der Waals surface area contributed by atoms with E-state index in [0.717, 1.165) is 50.0 Å². The summed E-state index contributed by atoms with van der Waals surface area (Å²) in [5.74, 6) is 0.747. The Hall–Kier alpha value is -1.55. The lowest BCUT2D eigenvalue weighted by atomic mass is 9.96. The second-order valence-electron chi connectivity index (χ2n) is 6.36. The smallest absolute Gasteiger partial charge is 0.256 e. The summed E-state index contributed by atoms with van der Waals surface area (Å²) >= 11 is 0. The highest BCUT2D eigenvalue weighted by atomic mass is 16.5. The van der Waals surface area contributed by atoms with E-state index < -0.39 is 5.60 Å². The van der Waals surface area contributed by atoms with Crippen molar-refractivity contribution in [1.82, 2.24) is 0 Å². The van der Waals surface area contributed by atoms with Gasteiger partial charge in [-0.05, 0) is 50.5 Å². The molecule has 1 atom stereocenters. The highest BCUT2D eigenvalue weighted by Gasteiger charge is 2.33. The number of carbonyl (C=O) groups is 1. The molecule has 0 aliphatic rings. The number of nitrogens with one attached hydrogen (secondary N) is 1. The Labute approximate surface area is 146 Å². The van der Waals surface area contributed by atoms with E-state index in [1.165, 1.54) is 0 Å². The Morgan fingerprint density at radius 1 is 1.00 bits per heavy atom. The molecule has 0 aliphatic heterocycles. The Balaban J connectivity index is 2.68. The number of anilines is 1. The fourth-order valence-corrected chi connectivity index (χ4v) is 2.41. The lowest BCUT2D eigenvalue weighted by Crippen LogP contribution is -2.43. The molecule has 0 aliphatic carbocycles. The predicted molar refractivity (Wildman–Crippen MR) is 99.6 cm³/mol. The molecule has 0 aromatic heterocycles. The molecule has 0 saturated carbocycles. The van der Waals surface area contributed by atoms with Gasteiger partial charge in [-0.3, -0.25) is 4.79 Å². The first-order valence-corrected chi connectivity index (χ1v) is 9.24. The van der Waals surface area contributed by atoms with Crippen molar-refractivity contribution in [3.8, 4) is 5.75 Å². The number of ether oxygens (including phenoxy) is 2. The van der Waals surface area contributed by atoms with Crippen LogP contribution in [0, 0.1) is 0 Å². The van der Waals surface area contributed by atoms with Crippen LogP contribution in [0.1, 0.15) is 66.2 Å². The molecule has 0 radical (unpaired) electrons. The lowest BCUT2D eigenvalue weighted by molar-refractivity contribution is -0.140. The zero-order chi connectivity index (χ0) is 17.8. The molecule has 0 spiro atoms. The number of hydrogen-bond donors (Lipinski definition) is 1. The molecule has 1 aromatic carbocycles. The second-order valence-corrected chi connectivity index (χ2v) is 6.36. The van der Waals surface area contributed by atoms with Crippen LogP contribution in [-0.4, -0.2) is 24.7 Å². The van der Waals surface area contributed by atoms with Gasteiger partial charge in [-0.25, -0.2) is 0 Å². The molecule has 24 heavy (non-hydrogen) atoms. The van der Waals surface area contributed by atoms with Gasteiger partial charge in [0, 0.05) is 12.3 Å². The zero-order valence-electron chi connectivity index (χ0n) is 15.7. The number of unbranched alkanes of at least 4 members (excludes halogenated alkanes) is 2. The van der Waals surface area contributed by atoms with Gasteiger partial charge in [-0.2, -0.15) is 0 Å². The van der Waals surface area contributed by atoms with Crippen LogP contribution in [0.5, 0.6) is 5.75 Å². The van der Waals surface area contributed by atoms with Crippen molar-refractivity contribution in [2.24, 2.45) is 0 Å². The van der Waals surface area contributed by atoms with Crippen molar-refractivity contribution < 1.29 is 14.3 Å². The number of carbonyl (C=O) groups excluding carboxylic acids is 1. The maximum Gasteiger partial charge on any atom is 0.256 e. The minimum absolute atomic E-state index is 0.0747. The van der Waals surface area contributed by atoms with Crippen molar-refractivity contribution in [2.45, 2.75) is 71.8 Å². The van der Waals surface area contributed by atoms with Gasteiger partial charge in [0.2, 0.25) is 0 Å². The quantitative estimate of drug-likeness (QED) is 0.535. The van der Waals surface area contributed by atoms with Gasteiger partial charge in [-0.15, -0.1) is 0 Å². The number of amides is 1. The second kappa shape index (κ2) is 11.1. The topological polar surface area (TPSA) is 47.6 Å². The Morgan fingerprint density at radius 2 is 1.67 bits per heavy atom. The van der Waals surface area contributed by atoms with Crippen molar-refractivity contribution >= 4 is 11.6 Å². The zero-order valence-corrected chi connectivity index (χ0v) is 15.7. The van der Waals surface area contributed by atoms with E-state index >= 15 is 0 Å². The summed E-state index contributed by atoms with van der Waals surface area (Å²) in [6.07, 6.45) is 5.86. The van der Waals surface area contributed by atoms with Crippen LogP contribution in [0.25, 0.3) is 0 Å². The lowest BCUT2D eigenvalue weighted by Gasteiger charge is -2.28. The first-order chi connectivity index (χ1) is 11.6. The van der Waals surface area contributed by atoms with E-state index in [0.29, 0.717) is 13.2 Å². The van der Waals surface area contributed by atoms with Crippen LogP contribution in [0.3, 0.4) is 0 Å². The summed E-state index contributed by atoms with van der Waals surface area (Å²) in [6.45, 7) is 9.48. The standard InChI is InChI=1S/C20H33NO3/c1-5-8-9-14-20(4,24-16-7-3)19(22)21-17-10-12-18(13-11-17)23-15-6-2/h10-13H,5-9,14-16H2,1-4H3,(H,21,22).